The van der Waals surface area contributed by atoms with E-state index in [1.165, 1.54) is 21.1 Å². The summed E-state index contributed by atoms with van der Waals surface area (Å²) >= 11 is 1.54. The SMILES string of the molecule is O=C(O)C1CC(=O)N(c2nc3c(s2)CCC3)C1. The third kappa shape index (κ3) is 1.72. The number of amides is 1. The molecule has 1 aromatic rings. The third-order valence-corrected chi connectivity index (χ3v) is 4.47. The second-order valence-electron chi connectivity index (χ2n) is 4.46. The van der Waals surface area contributed by atoms with Crippen molar-refractivity contribution < 1.29 is 14.7 Å². The molecule has 0 radical (unpaired) electrons. The molecule has 0 spiro atoms. The minimum absolute atomic E-state index is 0.0968. The van der Waals surface area contributed by atoms with Gasteiger partial charge in [-0.2, -0.15) is 0 Å². The lowest BCUT2D eigenvalue weighted by Gasteiger charge is -2.11. The molecule has 1 aliphatic heterocycles. The fraction of sp³-hybridized carbons (Fsp3) is 0.545. The van der Waals surface area contributed by atoms with E-state index in [1.54, 1.807) is 0 Å². The largest absolute Gasteiger partial charge is 0.481 e. The average Bonchev–Trinajstić information content (AvgIpc) is 2.88. The molecule has 1 N–H and O–H groups in total. The monoisotopic (exact) mass is 252 g/mol. The molecule has 3 rings (SSSR count). The number of carboxylic acids is 1. The molecule has 90 valence electrons. The van der Waals surface area contributed by atoms with Crippen LogP contribution >= 0.6 is 11.3 Å². The second kappa shape index (κ2) is 3.80. The zero-order chi connectivity index (χ0) is 12.0. The van der Waals surface area contributed by atoms with Crippen molar-refractivity contribution in [1.29, 1.82) is 0 Å². The molecule has 2 heterocycles. The highest BCUT2D eigenvalue weighted by Crippen LogP contribution is 2.35. The summed E-state index contributed by atoms with van der Waals surface area (Å²) in [5.41, 5.74) is 1.09. The van der Waals surface area contributed by atoms with E-state index in [0.29, 0.717) is 5.13 Å². The van der Waals surface area contributed by atoms with Crippen LogP contribution in [-0.4, -0.2) is 28.5 Å². The van der Waals surface area contributed by atoms with E-state index in [9.17, 15) is 9.59 Å². The van der Waals surface area contributed by atoms with Crippen LogP contribution in [0.5, 0.6) is 0 Å². The highest BCUT2D eigenvalue weighted by Gasteiger charge is 2.37. The van der Waals surface area contributed by atoms with E-state index in [-0.39, 0.29) is 18.9 Å². The summed E-state index contributed by atoms with van der Waals surface area (Å²) in [6.45, 7) is 0.264. The summed E-state index contributed by atoms with van der Waals surface area (Å²) in [4.78, 5) is 29.8. The van der Waals surface area contributed by atoms with E-state index in [4.69, 9.17) is 5.11 Å². The molecular weight excluding hydrogens is 240 g/mol. The van der Waals surface area contributed by atoms with Gasteiger partial charge in [0, 0.05) is 17.8 Å². The first-order valence-electron chi connectivity index (χ1n) is 5.67. The zero-order valence-corrected chi connectivity index (χ0v) is 10.00. The van der Waals surface area contributed by atoms with Gasteiger partial charge in [-0.25, -0.2) is 4.98 Å². The summed E-state index contributed by atoms with van der Waals surface area (Å²) in [6.07, 6.45) is 3.26. The molecule has 1 unspecified atom stereocenters. The minimum atomic E-state index is -0.898. The van der Waals surface area contributed by atoms with Crippen molar-refractivity contribution >= 4 is 28.3 Å². The summed E-state index contributed by atoms with van der Waals surface area (Å²) in [5.74, 6) is -1.60. The second-order valence-corrected chi connectivity index (χ2v) is 5.53. The van der Waals surface area contributed by atoms with Gasteiger partial charge >= 0.3 is 5.97 Å². The Labute approximate surface area is 102 Å². The first-order valence-corrected chi connectivity index (χ1v) is 6.48. The normalized spacial score (nSPS) is 23.2. The average molecular weight is 252 g/mol. The summed E-state index contributed by atoms with van der Waals surface area (Å²) in [5, 5.41) is 9.60. The lowest BCUT2D eigenvalue weighted by atomic mass is 10.1. The fourth-order valence-corrected chi connectivity index (χ4v) is 3.52. The number of aromatic nitrogens is 1. The number of nitrogens with zero attached hydrogens (tertiary/aromatic N) is 2. The maximum atomic E-state index is 11.7. The van der Waals surface area contributed by atoms with Gasteiger partial charge in [0.2, 0.25) is 5.91 Å². The van der Waals surface area contributed by atoms with Gasteiger partial charge in [-0.15, -0.1) is 11.3 Å². The lowest BCUT2D eigenvalue weighted by molar-refractivity contribution is -0.141. The zero-order valence-electron chi connectivity index (χ0n) is 9.18. The minimum Gasteiger partial charge on any atom is -0.481 e. The van der Waals surface area contributed by atoms with Crippen LogP contribution in [-0.2, 0) is 22.4 Å². The lowest BCUT2D eigenvalue weighted by Crippen LogP contribution is -2.25. The molecule has 1 atom stereocenters. The first-order chi connectivity index (χ1) is 8.15. The Morgan fingerprint density at radius 2 is 2.29 bits per heavy atom. The molecule has 1 aromatic heterocycles. The molecule has 1 aliphatic carbocycles. The smallest absolute Gasteiger partial charge is 0.308 e. The van der Waals surface area contributed by atoms with Gasteiger partial charge in [0.1, 0.15) is 0 Å². The number of rotatable bonds is 2. The standard InChI is InChI=1S/C11H12N2O3S/c14-9-4-6(10(15)16)5-13(9)11-12-7-2-1-3-8(7)17-11/h6H,1-5H2,(H,15,16). The quantitative estimate of drug-likeness (QED) is 0.854. The van der Waals surface area contributed by atoms with Gasteiger partial charge in [0.25, 0.3) is 0 Å². The number of carboxylic acid groups (broad SMARTS) is 1. The number of anilines is 1. The van der Waals surface area contributed by atoms with Crippen molar-refractivity contribution in [3.05, 3.63) is 10.6 Å². The number of carbonyl (C=O) groups is 2. The predicted octanol–water partition coefficient (Wildman–Crippen LogP) is 1.07. The van der Waals surface area contributed by atoms with Gasteiger partial charge in [-0.05, 0) is 19.3 Å². The number of thiazole rings is 1. The van der Waals surface area contributed by atoms with Crippen molar-refractivity contribution in [2.24, 2.45) is 5.92 Å². The summed E-state index contributed by atoms with van der Waals surface area (Å²) in [7, 11) is 0. The van der Waals surface area contributed by atoms with Crippen LogP contribution in [0.1, 0.15) is 23.4 Å². The molecule has 0 saturated carbocycles. The molecule has 0 aromatic carbocycles. The van der Waals surface area contributed by atoms with Crippen LogP contribution < -0.4 is 4.90 Å². The van der Waals surface area contributed by atoms with E-state index < -0.39 is 11.9 Å². The highest BCUT2D eigenvalue weighted by molar-refractivity contribution is 7.16. The van der Waals surface area contributed by atoms with Crippen molar-refractivity contribution in [1.82, 2.24) is 4.98 Å². The van der Waals surface area contributed by atoms with E-state index in [1.807, 2.05) is 0 Å². The number of fused-ring (bicyclic) bond motifs is 1. The van der Waals surface area contributed by atoms with Gasteiger partial charge < -0.3 is 5.11 Å². The first kappa shape index (κ1) is 10.7. The maximum absolute atomic E-state index is 11.7. The van der Waals surface area contributed by atoms with Crippen molar-refractivity contribution in [3.63, 3.8) is 0 Å². The number of hydrogen-bond acceptors (Lipinski definition) is 4. The molecule has 5 nitrogen and oxygen atoms in total. The maximum Gasteiger partial charge on any atom is 0.308 e. The van der Waals surface area contributed by atoms with E-state index in [0.717, 1.165) is 25.0 Å². The van der Waals surface area contributed by atoms with Crippen LogP contribution in [0.15, 0.2) is 0 Å². The van der Waals surface area contributed by atoms with Crippen molar-refractivity contribution in [2.75, 3.05) is 11.4 Å². The Balaban J connectivity index is 1.84. The molecule has 6 heteroatoms. The van der Waals surface area contributed by atoms with Crippen molar-refractivity contribution in [2.45, 2.75) is 25.7 Å². The number of carbonyl (C=O) groups excluding carboxylic acids is 1. The van der Waals surface area contributed by atoms with Gasteiger partial charge in [0.15, 0.2) is 5.13 Å². The van der Waals surface area contributed by atoms with Gasteiger partial charge in [0.05, 0.1) is 11.6 Å². The Morgan fingerprint density at radius 1 is 1.47 bits per heavy atom. The molecular formula is C11H12N2O3S. The highest BCUT2D eigenvalue weighted by atomic mass is 32.1. The molecule has 1 amide bonds. The van der Waals surface area contributed by atoms with Gasteiger partial charge in [-0.1, -0.05) is 0 Å². The fourth-order valence-electron chi connectivity index (χ4n) is 2.35. The van der Waals surface area contributed by atoms with Crippen LogP contribution in [0, 0.1) is 5.92 Å². The summed E-state index contributed by atoms with van der Waals surface area (Å²) < 4.78 is 0. The Morgan fingerprint density at radius 3 is 2.94 bits per heavy atom. The topological polar surface area (TPSA) is 70.5 Å². The Bertz CT molecular complexity index is 475. The predicted molar refractivity (Wildman–Crippen MR) is 62.2 cm³/mol. The van der Waals surface area contributed by atoms with Gasteiger partial charge in [-0.3, -0.25) is 14.5 Å². The van der Waals surface area contributed by atoms with E-state index in [2.05, 4.69) is 4.98 Å². The number of aryl methyl sites for hydroxylation is 2. The molecule has 17 heavy (non-hydrogen) atoms. The third-order valence-electron chi connectivity index (χ3n) is 3.29. The van der Waals surface area contributed by atoms with Crippen LogP contribution in [0.2, 0.25) is 0 Å². The molecule has 1 saturated heterocycles. The molecule has 2 aliphatic rings. The van der Waals surface area contributed by atoms with Crippen molar-refractivity contribution in [3.8, 4) is 0 Å². The Hall–Kier alpha value is -1.43. The van der Waals surface area contributed by atoms with Crippen LogP contribution in [0.25, 0.3) is 0 Å². The number of hydrogen-bond donors (Lipinski definition) is 1. The Kier molecular flexibility index (Phi) is 2.39. The summed E-state index contributed by atoms with van der Waals surface area (Å²) in [6, 6.07) is 0. The van der Waals surface area contributed by atoms with E-state index >= 15 is 0 Å². The van der Waals surface area contributed by atoms with Crippen LogP contribution in [0.3, 0.4) is 0 Å². The number of aliphatic carboxylic acids is 1. The molecule has 0 bridgehead atoms. The molecule has 1 fully saturated rings. The van der Waals surface area contributed by atoms with Crippen LogP contribution in [0.4, 0.5) is 5.13 Å².